The lowest BCUT2D eigenvalue weighted by Gasteiger charge is -2.13. The molecule has 1 aliphatic heterocycles. The molecule has 0 unspecified atom stereocenters. The summed E-state index contributed by atoms with van der Waals surface area (Å²) in [6.45, 7) is 0.883. The number of ether oxygens (including phenoxy) is 2. The van der Waals surface area contributed by atoms with Gasteiger partial charge in [-0.3, -0.25) is 4.99 Å². The van der Waals surface area contributed by atoms with Crippen LogP contribution in [0.4, 0.5) is 5.69 Å². The Morgan fingerprint density at radius 1 is 1.24 bits per heavy atom. The molecule has 1 heterocycles. The predicted molar refractivity (Wildman–Crippen MR) is 69.7 cm³/mol. The first-order valence-electron chi connectivity index (χ1n) is 5.46. The van der Waals surface area contributed by atoms with E-state index >= 15 is 0 Å². The van der Waals surface area contributed by atoms with Gasteiger partial charge in [-0.2, -0.15) is 0 Å². The summed E-state index contributed by atoms with van der Waals surface area (Å²) in [5, 5.41) is 3.79. The standard InChI is InChI=1S/C12H15ClN2O2/c1-16-10-7-11(17-2)9(6-8(10)13)15-12-4-3-5-14-12/h6-7H,3-5H2,1-2H3,(H,14,15). The molecule has 0 amide bonds. The highest BCUT2D eigenvalue weighted by atomic mass is 35.5. The first-order chi connectivity index (χ1) is 8.24. The zero-order valence-electron chi connectivity index (χ0n) is 9.92. The van der Waals surface area contributed by atoms with Gasteiger partial charge in [0.05, 0.1) is 24.9 Å². The highest BCUT2D eigenvalue weighted by molar-refractivity contribution is 6.32. The molecule has 0 aliphatic carbocycles. The monoisotopic (exact) mass is 254 g/mol. The van der Waals surface area contributed by atoms with Crippen LogP contribution in [0.1, 0.15) is 12.8 Å². The minimum absolute atomic E-state index is 0.550. The summed E-state index contributed by atoms with van der Waals surface area (Å²) in [6, 6.07) is 3.56. The van der Waals surface area contributed by atoms with Gasteiger partial charge < -0.3 is 14.8 Å². The van der Waals surface area contributed by atoms with E-state index in [1.807, 2.05) is 0 Å². The Balaban J connectivity index is 2.28. The number of halogens is 1. The Morgan fingerprint density at radius 3 is 2.59 bits per heavy atom. The van der Waals surface area contributed by atoms with E-state index in [0.29, 0.717) is 16.5 Å². The molecule has 0 bridgehead atoms. The van der Waals surface area contributed by atoms with Crippen molar-refractivity contribution in [2.24, 2.45) is 4.99 Å². The van der Waals surface area contributed by atoms with Crippen LogP contribution in [0.5, 0.6) is 11.5 Å². The van der Waals surface area contributed by atoms with Gasteiger partial charge in [0.2, 0.25) is 0 Å². The van der Waals surface area contributed by atoms with Crippen LogP contribution >= 0.6 is 11.6 Å². The second kappa shape index (κ2) is 5.27. The van der Waals surface area contributed by atoms with Crippen LogP contribution in [0.3, 0.4) is 0 Å². The van der Waals surface area contributed by atoms with E-state index < -0.39 is 0 Å². The van der Waals surface area contributed by atoms with Gasteiger partial charge in [0, 0.05) is 19.0 Å². The number of anilines is 1. The van der Waals surface area contributed by atoms with Crippen LogP contribution < -0.4 is 14.8 Å². The van der Waals surface area contributed by atoms with Crippen LogP contribution in [-0.4, -0.2) is 26.6 Å². The molecule has 5 heteroatoms. The topological polar surface area (TPSA) is 42.9 Å². The summed E-state index contributed by atoms with van der Waals surface area (Å²) in [4.78, 5) is 4.35. The minimum atomic E-state index is 0.550. The average Bonchev–Trinajstić information content (AvgIpc) is 2.82. The zero-order chi connectivity index (χ0) is 12.3. The lowest BCUT2D eigenvalue weighted by Crippen LogP contribution is -2.09. The van der Waals surface area contributed by atoms with Crippen molar-refractivity contribution in [3.05, 3.63) is 17.2 Å². The Morgan fingerprint density at radius 2 is 2.00 bits per heavy atom. The fraction of sp³-hybridized carbons (Fsp3) is 0.417. The number of methoxy groups -OCH3 is 2. The number of aliphatic imine (C=N–C) groups is 1. The number of nitrogens with zero attached hydrogens (tertiary/aromatic N) is 1. The molecule has 2 rings (SSSR count). The van der Waals surface area contributed by atoms with Crippen LogP contribution in [0.25, 0.3) is 0 Å². The molecule has 1 N–H and O–H groups in total. The largest absolute Gasteiger partial charge is 0.495 e. The molecule has 1 aromatic rings. The predicted octanol–water partition coefficient (Wildman–Crippen LogP) is 2.96. The number of nitrogens with one attached hydrogen (secondary N) is 1. The first kappa shape index (κ1) is 12.0. The van der Waals surface area contributed by atoms with E-state index in [1.165, 1.54) is 0 Å². The average molecular weight is 255 g/mol. The first-order valence-corrected chi connectivity index (χ1v) is 5.84. The summed E-state index contributed by atoms with van der Waals surface area (Å²) < 4.78 is 10.4. The van der Waals surface area contributed by atoms with Crippen LogP contribution in [0.2, 0.25) is 5.02 Å². The van der Waals surface area contributed by atoms with Crippen molar-refractivity contribution in [3.8, 4) is 11.5 Å². The molecular weight excluding hydrogens is 240 g/mol. The van der Waals surface area contributed by atoms with Gasteiger partial charge in [0.15, 0.2) is 0 Å². The Hall–Kier alpha value is -1.42. The van der Waals surface area contributed by atoms with Gasteiger partial charge >= 0.3 is 0 Å². The maximum absolute atomic E-state index is 6.08. The third-order valence-electron chi connectivity index (χ3n) is 2.63. The molecule has 0 saturated carbocycles. The molecule has 17 heavy (non-hydrogen) atoms. The third-order valence-corrected chi connectivity index (χ3v) is 2.92. The number of hydrogen-bond donors (Lipinski definition) is 1. The molecule has 4 nitrogen and oxygen atoms in total. The van der Waals surface area contributed by atoms with E-state index in [1.54, 1.807) is 26.4 Å². The summed E-state index contributed by atoms with van der Waals surface area (Å²) in [7, 11) is 3.19. The fourth-order valence-corrected chi connectivity index (χ4v) is 2.00. The highest BCUT2D eigenvalue weighted by Crippen LogP contribution is 2.36. The van der Waals surface area contributed by atoms with Crippen LogP contribution in [0, 0.1) is 0 Å². The Kier molecular flexibility index (Phi) is 3.74. The van der Waals surface area contributed by atoms with Crippen LogP contribution in [0.15, 0.2) is 17.1 Å². The number of benzene rings is 1. The van der Waals surface area contributed by atoms with Crippen molar-refractivity contribution in [1.82, 2.24) is 0 Å². The molecular formula is C12H15ClN2O2. The lowest BCUT2D eigenvalue weighted by molar-refractivity contribution is 0.396. The van der Waals surface area contributed by atoms with Crippen molar-refractivity contribution < 1.29 is 9.47 Å². The SMILES string of the molecule is COc1cc(OC)c(NC2=NCCC2)cc1Cl. The number of rotatable bonds is 3. The van der Waals surface area contributed by atoms with Gasteiger partial charge in [0.25, 0.3) is 0 Å². The second-order valence-corrected chi connectivity index (χ2v) is 4.15. The zero-order valence-corrected chi connectivity index (χ0v) is 10.7. The molecule has 0 spiro atoms. The Bertz CT molecular complexity index is 446. The van der Waals surface area contributed by atoms with Crippen molar-refractivity contribution in [3.63, 3.8) is 0 Å². The summed E-state index contributed by atoms with van der Waals surface area (Å²) in [5.41, 5.74) is 0.818. The molecule has 0 atom stereocenters. The molecule has 1 aliphatic rings. The van der Waals surface area contributed by atoms with E-state index in [9.17, 15) is 0 Å². The van der Waals surface area contributed by atoms with Gasteiger partial charge in [0.1, 0.15) is 17.3 Å². The van der Waals surface area contributed by atoms with Crippen molar-refractivity contribution in [2.45, 2.75) is 12.8 Å². The second-order valence-electron chi connectivity index (χ2n) is 3.74. The van der Waals surface area contributed by atoms with Gasteiger partial charge in [-0.25, -0.2) is 0 Å². The van der Waals surface area contributed by atoms with Crippen molar-refractivity contribution in [1.29, 1.82) is 0 Å². The van der Waals surface area contributed by atoms with Gasteiger partial charge in [-0.1, -0.05) is 11.6 Å². The van der Waals surface area contributed by atoms with Crippen molar-refractivity contribution >= 4 is 23.1 Å². The molecule has 0 fully saturated rings. The van der Waals surface area contributed by atoms with Gasteiger partial charge in [-0.15, -0.1) is 0 Å². The maximum atomic E-state index is 6.08. The summed E-state index contributed by atoms with van der Waals surface area (Å²) in [5.74, 6) is 2.27. The molecule has 1 aromatic carbocycles. The quantitative estimate of drug-likeness (QED) is 0.902. The van der Waals surface area contributed by atoms with E-state index in [4.69, 9.17) is 21.1 Å². The van der Waals surface area contributed by atoms with Gasteiger partial charge in [-0.05, 0) is 12.5 Å². The minimum Gasteiger partial charge on any atom is -0.495 e. The lowest BCUT2D eigenvalue weighted by atomic mass is 10.2. The summed E-state index contributed by atoms with van der Waals surface area (Å²) in [6.07, 6.45) is 2.06. The Labute approximate surface area is 106 Å². The van der Waals surface area contributed by atoms with E-state index in [0.717, 1.165) is 30.9 Å². The summed E-state index contributed by atoms with van der Waals surface area (Å²) >= 11 is 6.08. The van der Waals surface area contributed by atoms with E-state index in [2.05, 4.69) is 10.3 Å². The van der Waals surface area contributed by atoms with Crippen LogP contribution in [-0.2, 0) is 0 Å². The maximum Gasteiger partial charge on any atom is 0.146 e. The number of amidine groups is 1. The number of hydrogen-bond acceptors (Lipinski definition) is 4. The molecule has 92 valence electrons. The fourth-order valence-electron chi connectivity index (χ4n) is 1.75. The smallest absolute Gasteiger partial charge is 0.146 e. The molecule has 0 saturated heterocycles. The van der Waals surface area contributed by atoms with Crippen molar-refractivity contribution in [2.75, 3.05) is 26.1 Å². The molecule has 0 aromatic heterocycles. The normalized spacial score (nSPS) is 14.4. The van der Waals surface area contributed by atoms with E-state index in [-0.39, 0.29) is 0 Å². The third kappa shape index (κ3) is 2.64. The highest BCUT2D eigenvalue weighted by Gasteiger charge is 2.13. The molecule has 0 radical (unpaired) electrons.